The van der Waals surface area contributed by atoms with E-state index < -0.39 is 0 Å². The van der Waals surface area contributed by atoms with Crippen molar-refractivity contribution in [3.63, 3.8) is 0 Å². The van der Waals surface area contributed by atoms with E-state index >= 15 is 0 Å². The molecule has 0 spiro atoms. The molecular weight excluding hydrogens is 126 g/mol. The van der Waals surface area contributed by atoms with Crippen LogP contribution in [0.15, 0.2) is 12.8 Å². The van der Waals surface area contributed by atoms with Crippen LogP contribution in [0.25, 0.3) is 0 Å². The van der Waals surface area contributed by atoms with E-state index in [0.29, 0.717) is 0 Å². The molecule has 2 nitrogen and oxygen atoms in total. The van der Waals surface area contributed by atoms with Crippen LogP contribution in [0, 0.1) is 11.1 Å². The standard InChI is InChI=1S/C8H15NO/c1-3-9(10)6-4-8(2)5-7-9/h3,8H,1,4-7H2,2H3. The number of hydrogen-bond donors (Lipinski definition) is 0. The fourth-order valence-electron chi connectivity index (χ4n) is 1.32. The highest BCUT2D eigenvalue weighted by molar-refractivity contribution is 4.66. The summed E-state index contributed by atoms with van der Waals surface area (Å²) in [4.78, 5) is 0. The Morgan fingerprint density at radius 3 is 2.40 bits per heavy atom. The third-order valence-corrected chi connectivity index (χ3v) is 2.33. The Balaban J connectivity index is 2.46. The molecule has 0 aromatic carbocycles. The summed E-state index contributed by atoms with van der Waals surface area (Å²) < 4.78 is -0.176. The van der Waals surface area contributed by atoms with Crippen molar-refractivity contribution in [3.8, 4) is 0 Å². The maximum Gasteiger partial charge on any atom is 0.0885 e. The third-order valence-electron chi connectivity index (χ3n) is 2.33. The minimum Gasteiger partial charge on any atom is -0.628 e. The van der Waals surface area contributed by atoms with E-state index in [9.17, 15) is 5.21 Å². The lowest BCUT2D eigenvalue weighted by molar-refractivity contribution is -0.835. The topological polar surface area (TPSA) is 23.1 Å². The van der Waals surface area contributed by atoms with Crippen LogP contribution in [0.1, 0.15) is 19.8 Å². The number of hydrogen-bond acceptors (Lipinski definition) is 1. The zero-order chi connectivity index (χ0) is 7.61. The van der Waals surface area contributed by atoms with Gasteiger partial charge < -0.3 is 9.85 Å². The van der Waals surface area contributed by atoms with Crippen molar-refractivity contribution in [1.29, 1.82) is 0 Å². The van der Waals surface area contributed by atoms with Crippen molar-refractivity contribution < 1.29 is 4.65 Å². The molecule has 0 N–H and O–H groups in total. The molecule has 0 radical (unpaired) electrons. The molecule has 1 aliphatic heterocycles. The van der Waals surface area contributed by atoms with Crippen LogP contribution in [0.3, 0.4) is 0 Å². The molecule has 0 aliphatic carbocycles. The van der Waals surface area contributed by atoms with Gasteiger partial charge in [-0.05, 0) is 12.5 Å². The number of likely N-dealkylation sites (tertiary alicyclic amines) is 1. The third kappa shape index (κ3) is 1.58. The summed E-state index contributed by atoms with van der Waals surface area (Å²) in [7, 11) is 0. The van der Waals surface area contributed by atoms with Crippen LogP contribution in [0.2, 0.25) is 0 Å². The Hall–Kier alpha value is -0.340. The van der Waals surface area contributed by atoms with Gasteiger partial charge in [-0.2, -0.15) is 0 Å². The largest absolute Gasteiger partial charge is 0.628 e. The molecule has 0 saturated carbocycles. The molecular formula is C8H15NO. The van der Waals surface area contributed by atoms with E-state index in [2.05, 4.69) is 13.5 Å². The SMILES string of the molecule is C=C[N+]1([O-])CCC(C)CC1. The van der Waals surface area contributed by atoms with Crippen molar-refractivity contribution in [2.45, 2.75) is 19.8 Å². The summed E-state index contributed by atoms with van der Waals surface area (Å²) in [6, 6.07) is 0. The summed E-state index contributed by atoms with van der Waals surface area (Å²) in [6.07, 6.45) is 3.62. The molecule has 0 aromatic rings. The van der Waals surface area contributed by atoms with Gasteiger partial charge in [0.15, 0.2) is 0 Å². The van der Waals surface area contributed by atoms with E-state index in [1.165, 1.54) is 6.20 Å². The lowest BCUT2D eigenvalue weighted by atomic mass is 9.99. The Bertz CT molecular complexity index is 125. The first-order valence-electron chi connectivity index (χ1n) is 3.88. The Kier molecular flexibility index (Phi) is 2.11. The van der Waals surface area contributed by atoms with Gasteiger partial charge in [-0.1, -0.05) is 6.92 Å². The second kappa shape index (κ2) is 2.72. The Morgan fingerprint density at radius 1 is 1.50 bits per heavy atom. The average Bonchev–Trinajstić information content (AvgIpc) is 1.96. The Labute approximate surface area is 62.3 Å². The summed E-state index contributed by atoms with van der Waals surface area (Å²) >= 11 is 0. The van der Waals surface area contributed by atoms with Crippen LogP contribution < -0.4 is 0 Å². The normalized spacial score (nSPS) is 41.2. The second-order valence-corrected chi connectivity index (χ2v) is 3.26. The maximum atomic E-state index is 11.5. The van der Waals surface area contributed by atoms with Gasteiger partial charge in [0.25, 0.3) is 0 Å². The van der Waals surface area contributed by atoms with Crippen LogP contribution in [-0.4, -0.2) is 17.7 Å². The predicted molar refractivity (Wildman–Crippen MR) is 42.0 cm³/mol. The zero-order valence-corrected chi connectivity index (χ0v) is 6.55. The molecule has 0 aromatic heterocycles. The predicted octanol–water partition coefficient (Wildman–Crippen LogP) is 1.87. The van der Waals surface area contributed by atoms with E-state index in [1.807, 2.05) is 0 Å². The van der Waals surface area contributed by atoms with Crippen LogP contribution in [0.5, 0.6) is 0 Å². The average molecular weight is 141 g/mol. The monoisotopic (exact) mass is 141 g/mol. The molecule has 1 heterocycles. The zero-order valence-electron chi connectivity index (χ0n) is 6.55. The number of nitrogens with zero attached hydrogens (tertiary/aromatic N) is 1. The van der Waals surface area contributed by atoms with E-state index in [0.717, 1.165) is 31.8 Å². The van der Waals surface area contributed by atoms with Crippen molar-refractivity contribution >= 4 is 0 Å². The number of hydroxylamine groups is 3. The minimum atomic E-state index is -0.176. The first-order valence-corrected chi connectivity index (χ1v) is 3.88. The van der Waals surface area contributed by atoms with E-state index in [4.69, 9.17) is 0 Å². The number of rotatable bonds is 1. The molecule has 1 rings (SSSR count). The van der Waals surface area contributed by atoms with Gasteiger partial charge in [-0.15, -0.1) is 0 Å². The van der Waals surface area contributed by atoms with Crippen LogP contribution in [-0.2, 0) is 0 Å². The highest BCUT2D eigenvalue weighted by Crippen LogP contribution is 2.21. The maximum absolute atomic E-state index is 11.5. The molecule has 1 saturated heterocycles. The molecule has 1 fully saturated rings. The van der Waals surface area contributed by atoms with E-state index in [-0.39, 0.29) is 4.65 Å². The summed E-state index contributed by atoms with van der Waals surface area (Å²) in [6.45, 7) is 7.20. The number of piperidine rings is 1. The van der Waals surface area contributed by atoms with Crippen molar-refractivity contribution in [2.75, 3.05) is 13.1 Å². The lowest BCUT2D eigenvalue weighted by Crippen LogP contribution is -2.42. The molecule has 0 amide bonds. The molecule has 58 valence electrons. The summed E-state index contributed by atoms with van der Waals surface area (Å²) in [5.41, 5.74) is 0. The van der Waals surface area contributed by atoms with Crippen LogP contribution in [0.4, 0.5) is 0 Å². The molecule has 2 heteroatoms. The summed E-state index contributed by atoms with van der Waals surface area (Å²) in [5, 5.41) is 11.5. The fraction of sp³-hybridized carbons (Fsp3) is 0.750. The van der Waals surface area contributed by atoms with Crippen LogP contribution >= 0.6 is 0 Å². The number of quaternary nitrogens is 1. The minimum absolute atomic E-state index is 0.176. The van der Waals surface area contributed by atoms with Gasteiger partial charge in [0.1, 0.15) is 0 Å². The van der Waals surface area contributed by atoms with Gasteiger partial charge in [-0.3, -0.25) is 0 Å². The van der Waals surface area contributed by atoms with Gasteiger partial charge in [-0.25, -0.2) is 0 Å². The highest BCUT2D eigenvalue weighted by Gasteiger charge is 2.21. The molecule has 0 atom stereocenters. The van der Waals surface area contributed by atoms with Crippen molar-refractivity contribution in [3.05, 3.63) is 18.0 Å². The molecule has 1 aliphatic rings. The smallest absolute Gasteiger partial charge is 0.0885 e. The fourth-order valence-corrected chi connectivity index (χ4v) is 1.32. The van der Waals surface area contributed by atoms with E-state index in [1.54, 1.807) is 0 Å². The quantitative estimate of drug-likeness (QED) is 0.404. The van der Waals surface area contributed by atoms with Gasteiger partial charge in [0, 0.05) is 12.8 Å². The van der Waals surface area contributed by atoms with Gasteiger partial charge in [0.2, 0.25) is 0 Å². The second-order valence-electron chi connectivity index (χ2n) is 3.26. The summed E-state index contributed by atoms with van der Waals surface area (Å²) in [5.74, 6) is 0.736. The molecule has 10 heavy (non-hydrogen) atoms. The van der Waals surface area contributed by atoms with Crippen molar-refractivity contribution in [2.24, 2.45) is 5.92 Å². The first kappa shape index (κ1) is 7.76. The van der Waals surface area contributed by atoms with Gasteiger partial charge >= 0.3 is 0 Å². The Morgan fingerprint density at radius 2 is 2.00 bits per heavy atom. The van der Waals surface area contributed by atoms with Gasteiger partial charge in [0.05, 0.1) is 19.3 Å². The lowest BCUT2D eigenvalue weighted by Gasteiger charge is -2.43. The highest BCUT2D eigenvalue weighted by atomic mass is 16.5. The first-order chi connectivity index (χ1) is 4.66. The van der Waals surface area contributed by atoms with Crippen molar-refractivity contribution in [1.82, 2.24) is 0 Å². The molecule has 0 bridgehead atoms. The molecule has 0 unspecified atom stereocenters.